The Morgan fingerprint density at radius 3 is 2.29 bits per heavy atom. The van der Waals surface area contributed by atoms with Gasteiger partial charge in [0.25, 0.3) is 10.1 Å². The molecule has 0 saturated heterocycles. The molecule has 2 rings (SSSR count). The van der Waals surface area contributed by atoms with Crippen molar-refractivity contribution in [3.63, 3.8) is 0 Å². The molecule has 0 aromatic heterocycles. The number of hydrogen-bond acceptors (Lipinski definition) is 7. The van der Waals surface area contributed by atoms with Crippen molar-refractivity contribution in [1.82, 2.24) is 0 Å². The average Bonchev–Trinajstić information content (AvgIpc) is 2.82. The van der Waals surface area contributed by atoms with Crippen molar-refractivity contribution in [3.05, 3.63) is 65.7 Å². The smallest absolute Gasteiger partial charge is 0.336 e. The molecule has 2 aromatic carbocycles. The lowest BCUT2D eigenvalue weighted by molar-refractivity contribution is -0.174. The third-order valence-corrected chi connectivity index (χ3v) is 6.73. The predicted molar refractivity (Wildman–Crippen MR) is 131 cm³/mol. The van der Waals surface area contributed by atoms with Crippen molar-refractivity contribution >= 4 is 27.7 Å². The summed E-state index contributed by atoms with van der Waals surface area (Å²) in [5.74, 6) is 0.117. The fraction of sp³-hybridized carbons (Fsp3) is 0.480. The maximum absolute atomic E-state index is 13.2. The minimum Gasteiger partial charge on any atom is -0.497 e. The highest BCUT2D eigenvalue weighted by atomic mass is 35.5. The van der Waals surface area contributed by atoms with E-state index >= 15 is 0 Å². The number of carbonyl (C=O) groups excluding carboxylic acids is 1. The zero-order valence-electron chi connectivity index (χ0n) is 20.0. The van der Waals surface area contributed by atoms with Crippen LogP contribution in [0.25, 0.3) is 0 Å². The number of hydrogen-bond donors (Lipinski definition) is 0. The number of benzene rings is 2. The predicted octanol–water partition coefficient (Wildman–Crippen LogP) is 4.89. The van der Waals surface area contributed by atoms with Crippen molar-refractivity contribution in [3.8, 4) is 5.75 Å². The van der Waals surface area contributed by atoms with Gasteiger partial charge in [0.2, 0.25) is 0 Å². The Hall–Kier alpha value is -2.13. The number of methoxy groups -OCH3 is 1. The molecule has 9 heteroatoms. The van der Waals surface area contributed by atoms with Gasteiger partial charge in [-0.25, -0.2) is 4.79 Å². The van der Waals surface area contributed by atoms with Crippen LogP contribution in [-0.2, 0) is 35.2 Å². The van der Waals surface area contributed by atoms with E-state index in [0.717, 1.165) is 11.1 Å². The SMILES string of the molecule is COc1ccc(CO[C@@H](C(=O)OC(C)c2ccccc2)C(C)(C)COS(=O)(=O)CCCCl)cc1. The summed E-state index contributed by atoms with van der Waals surface area (Å²) in [6, 6.07) is 16.6. The van der Waals surface area contributed by atoms with Crippen molar-refractivity contribution in [2.75, 3.05) is 25.3 Å². The normalized spacial score (nSPS) is 13.8. The zero-order valence-corrected chi connectivity index (χ0v) is 21.6. The van der Waals surface area contributed by atoms with Gasteiger partial charge in [0.05, 0.1) is 26.1 Å². The summed E-state index contributed by atoms with van der Waals surface area (Å²) in [4.78, 5) is 13.2. The Balaban J connectivity index is 2.17. The molecule has 0 spiro atoms. The zero-order chi connectivity index (χ0) is 25.2. The van der Waals surface area contributed by atoms with Gasteiger partial charge < -0.3 is 14.2 Å². The van der Waals surface area contributed by atoms with Crippen molar-refractivity contribution in [2.45, 2.75) is 46.0 Å². The largest absolute Gasteiger partial charge is 0.497 e. The van der Waals surface area contributed by atoms with Crippen LogP contribution in [0.1, 0.15) is 44.4 Å². The summed E-state index contributed by atoms with van der Waals surface area (Å²) in [6.45, 7) is 5.05. The quantitative estimate of drug-likeness (QED) is 0.202. The molecule has 2 atom stereocenters. The average molecular weight is 513 g/mol. The van der Waals surface area contributed by atoms with E-state index in [4.69, 9.17) is 30.0 Å². The monoisotopic (exact) mass is 512 g/mol. The number of esters is 1. The maximum atomic E-state index is 13.2. The number of alkyl halides is 1. The van der Waals surface area contributed by atoms with Gasteiger partial charge in [0.1, 0.15) is 11.9 Å². The van der Waals surface area contributed by atoms with Gasteiger partial charge >= 0.3 is 5.97 Å². The van der Waals surface area contributed by atoms with Gasteiger partial charge in [-0.15, -0.1) is 11.6 Å². The van der Waals surface area contributed by atoms with Crippen LogP contribution in [0.15, 0.2) is 54.6 Å². The van der Waals surface area contributed by atoms with Crippen molar-refractivity contribution in [2.24, 2.45) is 5.41 Å². The first-order chi connectivity index (χ1) is 16.1. The van der Waals surface area contributed by atoms with E-state index in [-0.39, 0.29) is 31.3 Å². The molecule has 0 amide bonds. The van der Waals surface area contributed by atoms with E-state index in [0.29, 0.717) is 5.75 Å². The molecule has 188 valence electrons. The van der Waals surface area contributed by atoms with Gasteiger partial charge in [0, 0.05) is 11.3 Å². The molecule has 0 aliphatic heterocycles. The highest BCUT2D eigenvalue weighted by Gasteiger charge is 2.40. The third-order valence-electron chi connectivity index (χ3n) is 5.20. The van der Waals surface area contributed by atoms with Gasteiger partial charge in [-0.05, 0) is 36.6 Å². The fourth-order valence-electron chi connectivity index (χ4n) is 3.15. The van der Waals surface area contributed by atoms with Crippen LogP contribution < -0.4 is 4.74 Å². The lowest BCUT2D eigenvalue weighted by Crippen LogP contribution is -2.43. The highest BCUT2D eigenvalue weighted by Crippen LogP contribution is 2.29. The first-order valence-corrected chi connectivity index (χ1v) is 13.1. The number of ether oxygens (including phenoxy) is 3. The number of carbonyl (C=O) groups is 1. The molecule has 1 unspecified atom stereocenters. The number of halogens is 1. The van der Waals surface area contributed by atoms with E-state index in [9.17, 15) is 13.2 Å². The van der Waals surface area contributed by atoms with Gasteiger partial charge in [-0.3, -0.25) is 4.18 Å². The molecular weight excluding hydrogens is 480 g/mol. The van der Waals surface area contributed by atoms with Gasteiger partial charge in [-0.2, -0.15) is 8.42 Å². The fourth-order valence-corrected chi connectivity index (χ4v) is 4.54. The lowest BCUT2D eigenvalue weighted by atomic mass is 9.87. The molecule has 7 nitrogen and oxygen atoms in total. The Kier molecular flexibility index (Phi) is 10.8. The van der Waals surface area contributed by atoms with E-state index in [1.54, 1.807) is 40.0 Å². The second kappa shape index (κ2) is 13.1. The van der Waals surface area contributed by atoms with Crippen molar-refractivity contribution < 1.29 is 31.6 Å². The Bertz CT molecular complexity index is 992. The van der Waals surface area contributed by atoms with Gasteiger partial charge in [0.15, 0.2) is 6.10 Å². The highest BCUT2D eigenvalue weighted by molar-refractivity contribution is 7.86. The topological polar surface area (TPSA) is 88.1 Å². The van der Waals surface area contributed by atoms with Crippen LogP contribution in [0.2, 0.25) is 0 Å². The molecule has 0 heterocycles. The van der Waals surface area contributed by atoms with Gasteiger partial charge in [-0.1, -0.05) is 56.3 Å². The van der Waals surface area contributed by atoms with E-state index in [2.05, 4.69) is 0 Å². The molecular formula is C25H33ClO7S. The Morgan fingerprint density at radius 2 is 1.71 bits per heavy atom. The molecule has 0 bridgehead atoms. The van der Waals surface area contributed by atoms with Crippen molar-refractivity contribution in [1.29, 1.82) is 0 Å². The second-order valence-electron chi connectivity index (χ2n) is 8.58. The number of rotatable bonds is 14. The molecule has 0 aliphatic carbocycles. The molecule has 0 fully saturated rings. The summed E-state index contributed by atoms with van der Waals surface area (Å²) >= 11 is 5.60. The molecule has 0 saturated carbocycles. The molecule has 0 N–H and O–H groups in total. The van der Waals surface area contributed by atoms with E-state index in [1.807, 2.05) is 42.5 Å². The second-order valence-corrected chi connectivity index (χ2v) is 10.7. The Labute approximate surface area is 207 Å². The summed E-state index contributed by atoms with van der Waals surface area (Å²) in [6.07, 6.45) is -1.31. The molecule has 0 radical (unpaired) electrons. The van der Waals surface area contributed by atoms with Crippen LogP contribution in [0.5, 0.6) is 5.75 Å². The standard InChI is InChI=1S/C25H33ClO7S/c1-19(21-9-6-5-7-10-21)33-24(27)23(31-17-20-11-13-22(30-4)14-12-20)25(2,3)18-32-34(28,29)16-8-15-26/h5-7,9-14,19,23H,8,15-18H2,1-4H3/t19?,23-/m0/s1. The summed E-state index contributed by atoms with van der Waals surface area (Å²) in [5.41, 5.74) is 0.650. The van der Waals surface area contributed by atoms with E-state index in [1.165, 1.54) is 0 Å². The summed E-state index contributed by atoms with van der Waals surface area (Å²) < 4.78 is 46.4. The lowest BCUT2D eigenvalue weighted by Gasteiger charge is -2.33. The minimum absolute atomic E-state index is 0.117. The Morgan fingerprint density at radius 1 is 1.06 bits per heavy atom. The maximum Gasteiger partial charge on any atom is 0.336 e. The van der Waals surface area contributed by atoms with Crippen LogP contribution >= 0.6 is 11.6 Å². The van der Waals surface area contributed by atoms with Crippen LogP contribution in [0.4, 0.5) is 0 Å². The third kappa shape index (κ3) is 8.91. The van der Waals surface area contributed by atoms with Crippen LogP contribution in [0, 0.1) is 5.41 Å². The first kappa shape index (κ1) is 28.1. The molecule has 34 heavy (non-hydrogen) atoms. The molecule has 2 aromatic rings. The minimum atomic E-state index is -3.78. The summed E-state index contributed by atoms with van der Waals surface area (Å²) in [5, 5.41) is 0. The van der Waals surface area contributed by atoms with Crippen LogP contribution in [0.3, 0.4) is 0 Å². The summed E-state index contributed by atoms with van der Waals surface area (Å²) in [7, 11) is -2.20. The first-order valence-electron chi connectivity index (χ1n) is 11.0. The molecule has 0 aliphatic rings. The van der Waals surface area contributed by atoms with E-state index < -0.39 is 33.7 Å². The van der Waals surface area contributed by atoms with Crippen LogP contribution in [-0.4, -0.2) is 45.8 Å².